The lowest BCUT2D eigenvalue weighted by molar-refractivity contribution is 0.148. The summed E-state index contributed by atoms with van der Waals surface area (Å²) in [4.78, 5) is 2.47. The predicted octanol–water partition coefficient (Wildman–Crippen LogP) is 4.16. The first kappa shape index (κ1) is 17.3. The molecule has 1 saturated carbocycles. The number of likely N-dealkylation sites (tertiary alicyclic amines) is 1. The molecule has 2 heteroatoms. The van der Waals surface area contributed by atoms with E-state index in [4.69, 9.17) is 0 Å². The molecule has 2 nitrogen and oxygen atoms in total. The number of hydrogen-bond acceptors (Lipinski definition) is 2. The standard InChI is InChI=1S/C19H38N2/c1-19(2,3)18-7-5-17(6-8-18)15-20-12-9-16-10-13-21(4)14-11-16/h16-18,20H,5-15H2,1-4H3. The highest BCUT2D eigenvalue weighted by Crippen LogP contribution is 2.39. The van der Waals surface area contributed by atoms with Gasteiger partial charge in [0, 0.05) is 0 Å². The molecule has 0 atom stereocenters. The zero-order valence-corrected chi connectivity index (χ0v) is 15.0. The van der Waals surface area contributed by atoms with Crippen molar-refractivity contribution in [2.24, 2.45) is 23.2 Å². The fourth-order valence-electron chi connectivity index (χ4n) is 4.20. The van der Waals surface area contributed by atoms with E-state index in [-0.39, 0.29) is 0 Å². The lowest BCUT2D eigenvalue weighted by Gasteiger charge is -2.37. The van der Waals surface area contributed by atoms with Gasteiger partial charge in [-0.15, -0.1) is 0 Å². The van der Waals surface area contributed by atoms with Gasteiger partial charge in [-0.2, -0.15) is 0 Å². The quantitative estimate of drug-likeness (QED) is 0.766. The van der Waals surface area contributed by atoms with Crippen molar-refractivity contribution in [1.82, 2.24) is 10.2 Å². The molecule has 124 valence electrons. The molecular weight excluding hydrogens is 256 g/mol. The van der Waals surface area contributed by atoms with Crippen molar-refractivity contribution in [3.63, 3.8) is 0 Å². The summed E-state index contributed by atoms with van der Waals surface area (Å²) in [5.41, 5.74) is 0.520. The van der Waals surface area contributed by atoms with Crippen molar-refractivity contribution in [1.29, 1.82) is 0 Å². The number of nitrogens with zero attached hydrogens (tertiary/aromatic N) is 1. The first-order chi connectivity index (χ1) is 9.95. The normalized spacial score (nSPS) is 29.7. The highest BCUT2D eigenvalue weighted by atomic mass is 15.1. The third-order valence-corrected chi connectivity index (χ3v) is 6.07. The van der Waals surface area contributed by atoms with E-state index in [1.165, 1.54) is 71.1 Å². The van der Waals surface area contributed by atoms with E-state index < -0.39 is 0 Å². The molecule has 0 spiro atoms. The molecule has 1 N–H and O–H groups in total. The van der Waals surface area contributed by atoms with Gasteiger partial charge in [0.25, 0.3) is 0 Å². The van der Waals surface area contributed by atoms with E-state index in [0.717, 1.165) is 17.8 Å². The van der Waals surface area contributed by atoms with Gasteiger partial charge in [0.05, 0.1) is 0 Å². The molecule has 2 fully saturated rings. The van der Waals surface area contributed by atoms with E-state index in [1.807, 2.05) is 0 Å². The minimum absolute atomic E-state index is 0.520. The fraction of sp³-hybridized carbons (Fsp3) is 1.00. The van der Waals surface area contributed by atoms with Gasteiger partial charge in [-0.25, -0.2) is 0 Å². The monoisotopic (exact) mass is 294 g/mol. The molecule has 0 unspecified atom stereocenters. The molecule has 2 rings (SSSR count). The van der Waals surface area contributed by atoms with E-state index in [9.17, 15) is 0 Å². The highest BCUT2D eigenvalue weighted by Gasteiger charge is 2.29. The Labute approximate surface area is 133 Å². The molecule has 2 aliphatic rings. The Hall–Kier alpha value is -0.0800. The minimum atomic E-state index is 0.520. The van der Waals surface area contributed by atoms with Gasteiger partial charge in [0.2, 0.25) is 0 Å². The molecule has 0 aromatic rings. The molecule has 1 saturated heterocycles. The number of hydrogen-bond donors (Lipinski definition) is 1. The van der Waals surface area contributed by atoms with Crippen LogP contribution in [0.3, 0.4) is 0 Å². The number of nitrogens with one attached hydrogen (secondary N) is 1. The third kappa shape index (κ3) is 5.90. The highest BCUT2D eigenvalue weighted by molar-refractivity contribution is 4.81. The van der Waals surface area contributed by atoms with Gasteiger partial charge in [0.15, 0.2) is 0 Å². The van der Waals surface area contributed by atoms with Gasteiger partial charge in [-0.3, -0.25) is 0 Å². The molecule has 21 heavy (non-hydrogen) atoms. The second-order valence-electron chi connectivity index (χ2n) is 8.82. The van der Waals surface area contributed by atoms with Gasteiger partial charge in [-0.05, 0) is 101 Å². The van der Waals surface area contributed by atoms with Crippen molar-refractivity contribution < 1.29 is 0 Å². The first-order valence-electron chi connectivity index (χ1n) is 9.34. The summed E-state index contributed by atoms with van der Waals surface area (Å²) in [6, 6.07) is 0. The van der Waals surface area contributed by atoms with Crippen molar-refractivity contribution >= 4 is 0 Å². The van der Waals surface area contributed by atoms with Crippen LogP contribution in [0.1, 0.15) is 65.7 Å². The van der Waals surface area contributed by atoms with Crippen LogP contribution in [0.5, 0.6) is 0 Å². The van der Waals surface area contributed by atoms with Crippen molar-refractivity contribution in [3.8, 4) is 0 Å². The maximum Gasteiger partial charge on any atom is -0.00191 e. The van der Waals surface area contributed by atoms with Crippen LogP contribution < -0.4 is 5.32 Å². The van der Waals surface area contributed by atoms with Crippen LogP contribution in [0.2, 0.25) is 0 Å². The number of rotatable bonds is 5. The van der Waals surface area contributed by atoms with E-state index in [0.29, 0.717) is 5.41 Å². The SMILES string of the molecule is CN1CCC(CCNCC2CCC(C(C)(C)C)CC2)CC1. The summed E-state index contributed by atoms with van der Waals surface area (Å²) in [5, 5.41) is 3.75. The minimum Gasteiger partial charge on any atom is -0.316 e. The Morgan fingerprint density at radius 3 is 2.10 bits per heavy atom. The van der Waals surface area contributed by atoms with Crippen LogP contribution in [-0.4, -0.2) is 38.1 Å². The first-order valence-corrected chi connectivity index (χ1v) is 9.34. The maximum atomic E-state index is 3.75. The molecule has 0 aromatic heterocycles. The zero-order valence-electron chi connectivity index (χ0n) is 15.0. The Morgan fingerprint density at radius 1 is 0.905 bits per heavy atom. The van der Waals surface area contributed by atoms with E-state index in [1.54, 1.807) is 0 Å². The summed E-state index contributed by atoms with van der Waals surface area (Å²) in [5.74, 6) is 2.87. The van der Waals surface area contributed by atoms with Crippen LogP contribution >= 0.6 is 0 Å². The average Bonchev–Trinajstić information content (AvgIpc) is 2.45. The molecule has 0 amide bonds. The average molecular weight is 295 g/mol. The molecule has 1 aliphatic heterocycles. The van der Waals surface area contributed by atoms with Crippen LogP contribution in [0, 0.1) is 23.2 Å². The van der Waals surface area contributed by atoms with Crippen LogP contribution in [0.15, 0.2) is 0 Å². The Morgan fingerprint density at radius 2 is 1.52 bits per heavy atom. The maximum absolute atomic E-state index is 3.75. The summed E-state index contributed by atoms with van der Waals surface area (Å²) < 4.78 is 0. The number of piperidine rings is 1. The largest absolute Gasteiger partial charge is 0.316 e. The van der Waals surface area contributed by atoms with Gasteiger partial charge < -0.3 is 10.2 Å². The van der Waals surface area contributed by atoms with E-state index in [2.05, 4.69) is 38.0 Å². The topological polar surface area (TPSA) is 15.3 Å². The van der Waals surface area contributed by atoms with Crippen molar-refractivity contribution in [2.75, 3.05) is 33.2 Å². The zero-order chi connectivity index (χ0) is 15.3. The van der Waals surface area contributed by atoms with E-state index >= 15 is 0 Å². The van der Waals surface area contributed by atoms with Crippen LogP contribution in [-0.2, 0) is 0 Å². The van der Waals surface area contributed by atoms with Gasteiger partial charge in [-0.1, -0.05) is 20.8 Å². The fourth-order valence-corrected chi connectivity index (χ4v) is 4.20. The van der Waals surface area contributed by atoms with Gasteiger partial charge >= 0.3 is 0 Å². The Balaban J connectivity index is 1.52. The molecule has 0 bridgehead atoms. The molecule has 0 radical (unpaired) electrons. The third-order valence-electron chi connectivity index (χ3n) is 6.07. The lowest BCUT2D eigenvalue weighted by atomic mass is 9.70. The Bertz CT molecular complexity index is 278. The van der Waals surface area contributed by atoms with Crippen LogP contribution in [0.25, 0.3) is 0 Å². The summed E-state index contributed by atoms with van der Waals surface area (Å²) >= 11 is 0. The molecule has 1 heterocycles. The van der Waals surface area contributed by atoms with Crippen molar-refractivity contribution in [2.45, 2.75) is 65.7 Å². The second kappa shape index (κ2) is 7.97. The molecule has 1 aliphatic carbocycles. The lowest BCUT2D eigenvalue weighted by Crippen LogP contribution is -2.33. The van der Waals surface area contributed by atoms with Crippen LogP contribution in [0.4, 0.5) is 0 Å². The van der Waals surface area contributed by atoms with Gasteiger partial charge in [0.1, 0.15) is 0 Å². The summed E-state index contributed by atoms with van der Waals surface area (Å²) in [7, 11) is 2.25. The molecule has 0 aromatic carbocycles. The Kier molecular flexibility index (Phi) is 6.55. The molecular formula is C19H38N2. The smallest absolute Gasteiger partial charge is 0.00191 e. The van der Waals surface area contributed by atoms with Crippen molar-refractivity contribution in [3.05, 3.63) is 0 Å². The summed E-state index contributed by atoms with van der Waals surface area (Å²) in [6.07, 6.45) is 10.0. The second-order valence-corrected chi connectivity index (χ2v) is 8.82. The summed E-state index contributed by atoms with van der Waals surface area (Å²) in [6.45, 7) is 12.4. The predicted molar refractivity (Wildman–Crippen MR) is 92.6 cm³/mol.